The van der Waals surface area contributed by atoms with Gasteiger partial charge in [0.25, 0.3) is 0 Å². The zero-order chi connectivity index (χ0) is 20.3. The molecule has 156 valence electrons. The first-order valence-corrected chi connectivity index (χ1v) is 10.6. The number of benzene rings is 1. The zero-order valence-electron chi connectivity index (χ0n) is 18.1. The number of hydrogen-bond donors (Lipinski definition) is 0. The molecule has 5 heteroatoms. The highest BCUT2D eigenvalue weighted by Crippen LogP contribution is 2.35. The van der Waals surface area contributed by atoms with Crippen LogP contribution in [0.15, 0.2) is 24.3 Å². The van der Waals surface area contributed by atoms with Gasteiger partial charge < -0.3 is 19.3 Å². The maximum Gasteiger partial charge on any atom is 0.410 e. The summed E-state index contributed by atoms with van der Waals surface area (Å²) in [5, 5.41) is 0. The fraction of sp³-hybridized carbons (Fsp3) is 0.696. The van der Waals surface area contributed by atoms with Crippen LogP contribution in [0.4, 0.5) is 4.79 Å². The van der Waals surface area contributed by atoms with Crippen LogP contribution in [0.25, 0.3) is 0 Å². The van der Waals surface area contributed by atoms with Gasteiger partial charge in [-0.05, 0) is 77.2 Å². The van der Waals surface area contributed by atoms with E-state index in [0.29, 0.717) is 11.8 Å². The Hall–Kier alpha value is -1.75. The molecule has 0 bridgehead atoms. The summed E-state index contributed by atoms with van der Waals surface area (Å²) in [5.41, 5.74) is 0.653. The molecule has 0 radical (unpaired) electrons. The number of carbonyl (C=O) groups excluding carboxylic acids is 1. The monoisotopic (exact) mass is 388 g/mol. The number of rotatable bonds is 4. The summed E-state index contributed by atoms with van der Waals surface area (Å²) in [7, 11) is 2.16. The van der Waals surface area contributed by atoms with Gasteiger partial charge in [-0.3, -0.25) is 0 Å². The highest BCUT2D eigenvalue weighted by Gasteiger charge is 2.34. The number of hydrogen-bond acceptors (Lipinski definition) is 4. The number of likely N-dealkylation sites (tertiary alicyclic amines) is 2. The van der Waals surface area contributed by atoms with E-state index in [1.807, 2.05) is 37.8 Å². The van der Waals surface area contributed by atoms with Crippen molar-refractivity contribution in [2.45, 2.75) is 58.6 Å². The van der Waals surface area contributed by atoms with E-state index in [1.165, 1.54) is 6.42 Å². The van der Waals surface area contributed by atoms with Crippen LogP contribution < -0.4 is 4.74 Å². The third-order valence-electron chi connectivity index (χ3n) is 5.66. The molecular formula is C23H36N2O3. The van der Waals surface area contributed by atoms with Crippen molar-refractivity contribution < 1.29 is 14.3 Å². The molecule has 5 nitrogen and oxygen atoms in total. The van der Waals surface area contributed by atoms with Crippen LogP contribution >= 0.6 is 0 Å². The molecule has 0 spiro atoms. The van der Waals surface area contributed by atoms with E-state index in [-0.39, 0.29) is 12.1 Å². The van der Waals surface area contributed by atoms with Crippen molar-refractivity contribution in [3.63, 3.8) is 0 Å². The summed E-state index contributed by atoms with van der Waals surface area (Å²) in [6, 6.07) is 8.32. The first-order valence-electron chi connectivity index (χ1n) is 10.6. The third kappa shape index (κ3) is 5.63. The van der Waals surface area contributed by atoms with E-state index in [4.69, 9.17) is 9.47 Å². The lowest BCUT2D eigenvalue weighted by Gasteiger charge is -2.39. The zero-order valence-corrected chi connectivity index (χ0v) is 18.1. The maximum atomic E-state index is 12.8. The molecule has 0 unspecified atom stereocenters. The van der Waals surface area contributed by atoms with E-state index in [1.54, 1.807) is 0 Å². The SMILES string of the molecule is C[C@H]1CC[C@H](c2cccc(OC[C@@H]3CCN(C)C3)c2)N(C(=O)OC(C)(C)C)C1. The first-order chi connectivity index (χ1) is 13.2. The molecule has 2 aliphatic rings. The Labute approximate surface area is 170 Å². The molecule has 3 rings (SSSR count). The number of nitrogens with zero attached hydrogens (tertiary/aromatic N) is 2. The molecule has 0 aliphatic carbocycles. The van der Waals surface area contributed by atoms with Gasteiger partial charge in [0.1, 0.15) is 11.4 Å². The van der Waals surface area contributed by atoms with E-state index < -0.39 is 5.60 Å². The van der Waals surface area contributed by atoms with Crippen molar-refractivity contribution in [2.75, 3.05) is 33.3 Å². The Morgan fingerprint density at radius 2 is 1.96 bits per heavy atom. The minimum Gasteiger partial charge on any atom is -0.493 e. The van der Waals surface area contributed by atoms with E-state index in [0.717, 1.165) is 50.4 Å². The summed E-state index contributed by atoms with van der Waals surface area (Å²) in [6.07, 6.45) is 3.05. The minimum absolute atomic E-state index is 0.0483. The van der Waals surface area contributed by atoms with E-state index >= 15 is 0 Å². The second-order valence-electron chi connectivity index (χ2n) is 9.63. The number of carbonyl (C=O) groups is 1. The third-order valence-corrected chi connectivity index (χ3v) is 5.66. The summed E-state index contributed by atoms with van der Waals surface area (Å²) in [5.74, 6) is 1.99. The van der Waals surface area contributed by atoms with Gasteiger partial charge in [0.2, 0.25) is 0 Å². The average Bonchev–Trinajstić information content (AvgIpc) is 3.04. The number of ether oxygens (including phenoxy) is 2. The molecule has 0 aromatic heterocycles. The molecule has 2 fully saturated rings. The van der Waals surface area contributed by atoms with Crippen molar-refractivity contribution in [2.24, 2.45) is 11.8 Å². The molecule has 2 saturated heterocycles. The van der Waals surface area contributed by atoms with Crippen molar-refractivity contribution in [1.29, 1.82) is 0 Å². The van der Waals surface area contributed by atoms with E-state index in [9.17, 15) is 4.79 Å². The lowest BCUT2D eigenvalue weighted by atomic mass is 9.90. The Morgan fingerprint density at radius 1 is 1.18 bits per heavy atom. The lowest BCUT2D eigenvalue weighted by molar-refractivity contribution is 0.00360. The summed E-state index contributed by atoms with van der Waals surface area (Å²) < 4.78 is 11.8. The molecule has 2 aliphatic heterocycles. The van der Waals surface area contributed by atoms with Gasteiger partial charge in [0.05, 0.1) is 12.6 Å². The molecular weight excluding hydrogens is 352 g/mol. The molecule has 0 saturated carbocycles. The smallest absolute Gasteiger partial charge is 0.410 e. The highest BCUT2D eigenvalue weighted by molar-refractivity contribution is 5.69. The summed E-state index contributed by atoms with van der Waals surface area (Å²) >= 11 is 0. The molecule has 0 N–H and O–H groups in total. The predicted molar refractivity (Wildman–Crippen MR) is 112 cm³/mol. The van der Waals surface area contributed by atoms with Gasteiger partial charge >= 0.3 is 6.09 Å². The quantitative estimate of drug-likeness (QED) is 0.748. The molecule has 1 aromatic rings. The van der Waals surface area contributed by atoms with Crippen LogP contribution in [0.2, 0.25) is 0 Å². The Balaban J connectivity index is 1.69. The van der Waals surface area contributed by atoms with Crippen LogP contribution in [0.3, 0.4) is 0 Å². The molecule has 2 heterocycles. The topological polar surface area (TPSA) is 42.0 Å². The second-order valence-corrected chi connectivity index (χ2v) is 9.63. The van der Waals surface area contributed by atoms with Crippen LogP contribution in [0.1, 0.15) is 58.6 Å². The standard InChI is InChI=1S/C23H36N2O3/c1-17-9-10-21(25(14-17)22(26)28-23(2,3)4)19-7-6-8-20(13-19)27-16-18-11-12-24(5)15-18/h6-8,13,17-18,21H,9-12,14-16H2,1-5H3/t17-,18+,21+/m0/s1. The summed E-state index contributed by atoms with van der Waals surface area (Å²) in [6.45, 7) is 11.7. The Morgan fingerprint density at radius 3 is 2.64 bits per heavy atom. The fourth-order valence-electron chi connectivity index (χ4n) is 4.21. The van der Waals surface area contributed by atoms with Crippen LogP contribution in [-0.2, 0) is 4.74 Å². The molecule has 1 amide bonds. The first kappa shape index (κ1) is 21.0. The Bertz CT molecular complexity index is 670. The number of amides is 1. The average molecular weight is 389 g/mol. The van der Waals surface area contributed by atoms with Gasteiger partial charge in [-0.1, -0.05) is 19.1 Å². The van der Waals surface area contributed by atoms with Gasteiger partial charge in [0.15, 0.2) is 0 Å². The van der Waals surface area contributed by atoms with Crippen molar-refractivity contribution in [3.8, 4) is 5.75 Å². The fourth-order valence-corrected chi connectivity index (χ4v) is 4.21. The van der Waals surface area contributed by atoms with Crippen molar-refractivity contribution in [3.05, 3.63) is 29.8 Å². The van der Waals surface area contributed by atoms with Crippen LogP contribution in [0, 0.1) is 11.8 Å². The largest absolute Gasteiger partial charge is 0.493 e. The Kier molecular flexibility index (Phi) is 6.54. The highest BCUT2D eigenvalue weighted by atomic mass is 16.6. The molecule has 28 heavy (non-hydrogen) atoms. The van der Waals surface area contributed by atoms with Gasteiger partial charge in [-0.2, -0.15) is 0 Å². The molecule has 1 aromatic carbocycles. The predicted octanol–water partition coefficient (Wildman–Crippen LogP) is 4.73. The van der Waals surface area contributed by atoms with Gasteiger partial charge in [-0.25, -0.2) is 4.79 Å². The van der Waals surface area contributed by atoms with Crippen molar-refractivity contribution in [1.82, 2.24) is 9.80 Å². The van der Waals surface area contributed by atoms with Crippen LogP contribution in [-0.4, -0.2) is 54.8 Å². The van der Waals surface area contributed by atoms with Gasteiger partial charge in [-0.15, -0.1) is 0 Å². The lowest BCUT2D eigenvalue weighted by Crippen LogP contribution is -2.44. The van der Waals surface area contributed by atoms with Gasteiger partial charge in [0, 0.05) is 19.0 Å². The van der Waals surface area contributed by atoms with Crippen LogP contribution in [0.5, 0.6) is 5.75 Å². The minimum atomic E-state index is -0.484. The summed E-state index contributed by atoms with van der Waals surface area (Å²) in [4.78, 5) is 17.1. The normalized spacial score (nSPS) is 26.3. The number of piperidine rings is 1. The van der Waals surface area contributed by atoms with Crippen molar-refractivity contribution >= 4 is 6.09 Å². The molecule has 3 atom stereocenters. The second kappa shape index (κ2) is 8.73. The van der Waals surface area contributed by atoms with E-state index in [2.05, 4.69) is 31.0 Å². The maximum absolute atomic E-state index is 12.8.